The van der Waals surface area contributed by atoms with Crippen LogP contribution in [0.5, 0.6) is 0 Å². The van der Waals surface area contributed by atoms with Crippen LogP contribution in [-0.4, -0.2) is 74.1 Å². The zero-order valence-corrected chi connectivity index (χ0v) is 18.9. The Labute approximate surface area is 178 Å². The number of ether oxygens (including phenoxy) is 3. The van der Waals surface area contributed by atoms with Gasteiger partial charge in [0.15, 0.2) is 24.6 Å². The molecule has 0 amide bonds. The van der Waals surface area contributed by atoms with Crippen molar-refractivity contribution < 1.29 is 38.0 Å². The van der Waals surface area contributed by atoms with Gasteiger partial charge < -0.3 is 23.8 Å². The minimum Gasteiger partial charge on any atom is -0.453 e. The maximum atomic E-state index is 12.7. The molecule has 168 valence electrons. The molecule has 8 heteroatoms. The number of nitrogens with zero attached hydrogens (tertiary/aromatic N) is 2. The van der Waals surface area contributed by atoms with Gasteiger partial charge in [-0.3, -0.25) is 4.79 Å². The Kier molecular flexibility index (Phi) is 8.34. The van der Waals surface area contributed by atoms with E-state index in [1.807, 2.05) is 13.8 Å². The third kappa shape index (κ3) is 6.23. The van der Waals surface area contributed by atoms with Gasteiger partial charge in [0.05, 0.1) is 33.9 Å². The van der Waals surface area contributed by atoms with Crippen molar-refractivity contribution in [3.8, 4) is 0 Å². The van der Waals surface area contributed by atoms with E-state index in [9.17, 15) is 14.7 Å². The minimum absolute atomic E-state index is 0.177. The van der Waals surface area contributed by atoms with E-state index in [0.717, 1.165) is 6.42 Å². The number of aliphatic hydroxyl groups excluding tert-OH is 1. The number of carbonyl (C=O) groups excluding carboxylic acids is 2. The number of rotatable bonds is 9. The van der Waals surface area contributed by atoms with Crippen molar-refractivity contribution in [2.75, 3.05) is 34.3 Å². The van der Waals surface area contributed by atoms with Crippen molar-refractivity contribution in [3.05, 3.63) is 30.1 Å². The Morgan fingerprint density at radius 3 is 2.57 bits per heavy atom. The summed E-state index contributed by atoms with van der Waals surface area (Å²) in [6, 6.07) is 3.42. The molecule has 1 saturated heterocycles. The highest BCUT2D eigenvalue weighted by atomic mass is 16.6. The molecule has 30 heavy (non-hydrogen) atoms. The zero-order valence-electron chi connectivity index (χ0n) is 18.9. The summed E-state index contributed by atoms with van der Waals surface area (Å²) in [5, 5.41) is 9.62. The number of hydrogen-bond donors (Lipinski definition) is 1. The van der Waals surface area contributed by atoms with Gasteiger partial charge in [-0.05, 0) is 12.5 Å². The fourth-order valence-electron chi connectivity index (χ4n) is 3.55. The summed E-state index contributed by atoms with van der Waals surface area (Å²) in [7, 11) is 6.17. The summed E-state index contributed by atoms with van der Waals surface area (Å²) in [6.45, 7) is 6.14. The molecule has 0 spiro atoms. The molecule has 0 saturated carbocycles. The predicted molar refractivity (Wildman–Crippen MR) is 109 cm³/mol. The lowest BCUT2D eigenvalue weighted by atomic mass is 10.0. The van der Waals surface area contributed by atoms with Crippen molar-refractivity contribution in [3.63, 3.8) is 0 Å². The highest BCUT2D eigenvalue weighted by Crippen LogP contribution is 2.33. The number of quaternary nitrogens is 1. The normalized spacial score (nSPS) is 25.0. The molecule has 8 nitrogen and oxygen atoms in total. The molecule has 1 aromatic rings. The first-order valence-electron chi connectivity index (χ1n) is 10.6. The second kappa shape index (κ2) is 10.3. The first-order chi connectivity index (χ1) is 14.1. The van der Waals surface area contributed by atoms with Crippen molar-refractivity contribution in [2.45, 2.75) is 58.2 Å². The van der Waals surface area contributed by atoms with E-state index >= 15 is 0 Å². The van der Waals surface area contributed by atoms with Gasteiger partial charge in [0, 0.05) is 18.4 Å². The van der Waals surface area contributed by atoms with Crippen LogP contribution in [0.4, 0.5) is 0 Å². The van der Waals surface area contributed by atoms with Crippen LogP contribution in [-0.2, 0) is 19.0 Å². The van der Waals surface area contributed by atoms with Gasteiger partial charge in [-0.2, -0.15) is 4.57 Å². The molecule has 0 aromatic carbocycles. The van der Waals surface area contributed by atoms with Gasteiger partial charge in [0.25, 0.3) is 0 Å². The summed E-state index contributed by atoms with van der Waals surface area (Å²) in [4.78, 5) is 24.7. The number of esters is 2. The van der Waals surface area contributed by atoms with Gasteiger partial charge in [0.1, 0.15) is 12.1 Å². The third-order valence-electron chi connectivity index (χ3n) is 5.27. The first kappa shape index (κ1) is 24.2. The van der Waals surface area contributed by atoms with E-state index < -0.39 is 24.4 Å². The summed E-state index contributed by atoms with van der Waals surface area (Å²) in [6.07, 6.45) is 2.54. The van der Waals surface area contributed by atoms with Crippen LogP contribution in [0.2, 0.25) is 0 Å². The van der Waals surface area contributed by atoms with E-state index in [2.05, 4.69) is 21.1 Å². The van der Waals surface area contributed by atoms with Crippen LogP contribution in [0.15, 0.2) is 24.5 Å². The maximum Gasteiger partial charge on any atom is 0.344 e. The molecule has 1 N–H and O–H groups in total. The van der Waals surface area contributed by atoms with E-state index in [-0.39, 0.29) is 31.0 Å². The molecular weight excluding hydrogens is 388 g/mol. The Balaban J connectivity index is 2.21. The first-order valence-corrected chi connectivity index (χ1v) is 10.6. The Hall–Kier alpha value is -2.03. The average Bonchev–Trinajstić information content (AvgIpc) is 3.01. The van der Waals surface area contributed by atoms with Gasteiger partial charge in [-0.1, -0.05) is 20.8 Å². The van der Waals surface area contributed by atoms with Crippen molar-refractivity contribution in [1.29, 1.82) is 0 Å². The fourth-order valence-corrected chi connectivity index (χ4v) is 3.55. The van der Waals surface area contributed by atoms with Crippen molar-refractivity contribution >= 4 is 11.9 Å². The molecule has 5 atom stereocenters. The van der Waals surface area contributed by atoms with Crippen molar-refractivity contribution in [1.82, 2.24) is 0 Å². The molecular formula is C22H36N2O6+2. The lowest BCUT2D eigenvalue weighted by Gasteiger charge is -2.28. The smallest absolute Gasteiger partial charge is 0.344 e. The van der Waals surface area contributed by atoms with Crippen LogP contribution in [0, 0.1) is 5.92 Å². The monoisotopic (exact) mass is 424 g/mol. The number of carbonyl (C=O) groups is 2. The maximum absolute atomic E-state index is 12.7. The molecule has 1 aromatic heterocycles. The van der Waals surface area contributed by atoms with Crippen LogP contribution >= 0.6 is 0 Å². The Morgan fingerprint density at radius 2 is 2.00 bits per heavy atom. The fraction of sp³-hybridized carbons (Fsp3) is 0.682. The number of likely N-dealkylation sites (N-methyl/N-ethyl adjacent to an activating group) is 1. The molecule has 0 unspecified atom stereocenters. The second-order valence-electron chi connectivity index (χ2n) is 8.86. The van der Waals surface area contributed by atoms with Gasteiger partial charge in [0.2, 0.25) is 0 Å². The third-order valence-corrected chi connectivity index (χ3v) is 5.27. The summed E-state index contributed by atoms with van der Waals surface area (Å²) in [5.41, 5.74) is 0.390. The number of pyridine rings is 1. The average molecular weight is 425 g/mol. The summed E-state index contributed by atoms with van der Waals surface area (Å²) >= 11 is 0. The van der Waals surface area contributed by atoms with E-state index in [1.54, 1.807) is 36.0 Å². The Morgan fingerprint density at radius 1 is 1.30 bits per heavy atom. The molecule has 2 heterocycles. The molecule has 1 aliphatic rings. The largest absolute Gasteiger partial charge is 0.453 e. The van der Waals surface area contributed by atoms with Gasteiger partial charge in [-0.15, -0.1) is 0 Å². The quantitative estimate of drug-likeness (QED) is 0.367. The molecule has 1 fully saturated rings. The van der Waals surface area contributed by atoms with Crippen LogP contribution in [0.1, 0.15) is 50.2 Å². The number of aromatic nitrogens is 1. The van der Waals surface area contributed by atoms with Gasteiger partial charge >= 0.3 is 18.2 Å². The van der Waals surface area contributed by atoms with E-state index in [1.165, 1.54) is 0 Å². The summed E-state index contributed by atoms with van der Waals surface area (Å²) in [5.74, 6) is -0.926. The van der Waals surface area contributed by atoms with Crippen LogP contribution < -0.4 is 4.57 Å². The Bertz CT molecular complexity index is 733. The lowest BCUT2D eigenvalue weighted by Crippen LogP contribution is -2.47. The lowest BCUT2D eigenvalue weighted by molar-refractivity contribution is -0.873. The molecule has 2 rings (SSSR count). The summed E-state index contributed by atoms with van der Waals surface area (Å²) < 4.78 is 19.7. The van der Waals surface area contributed by atoms with Gasteiger partial charge in [-0.25, -0.2) is 4.79 Å². The van der Waals surface area contributed by atoms with Crippen LogP contribution in [0.3, 0.4) is 0 Å². The molecule has 1 aliphatic heterocycles. The van der Waals surface area contributed by atoms with E-state index in [0.29, 0.717) is 16.6 Å². The zero-order chi connectivity index (χ0) is 22.5. The minimum atomic E-state index is -0.631. The van der Waals surface area contributed by atoms with E-state index in [4.69, 9.17) is 14.2 Å². The predicted octanol–water partition coefficient (Wildman–Crippen LogP) is 1.46. The topological polar surface area (TPSA) is 85.9 Å². The molecule has 0 bridgehead atoms. The number of aliphatic hydroxyl groups is 1. The SMILES string of the molecule is CCC(=O)O[C@@H]1[C@H](C)[C@@H](CO)O[C@H]1[n+]1cccc(C(=O)O[C@H](CC)C[N+](C)(C)C)c1. The molecule has 0 aliphatic carbocycles. The highest BCUT2D eigenvalue weighted by molar-refractivity contribution is 5.88. The second-order valence-corrected chi connectivity index (χ2v) is 8.86. The van der Waals surface area contributed by atoms with Crippen LogP contribution in [0.25, 0.3) is 0 Å². The number of hydrogen-bond acceptors (Lipinski definition) is 6. The highest BCUT2D eigenvalue weighted by Gasteiger charge is 2.49. The van der Waals surface area contributed by atoms with Crippen molar-refractivity contribution in [2.24, 2.45) is 5.92 Å². The molecule has 0 radical (unpaired) electrons. The standard InChI is InChI=1S/C22H36N2O6/c1-7-17(13-24(4,5)6)28-22(27)16-10-9-11-23(12-16)21-20(30-19(26)8-2)15(3)18(14-25)29-21/h9-12,15,17-18,20-21,25H,7-8,13-14H2,1-6H3/q+2/t15-,17-,18-,20-,21-/m1/s1.